The van der Waals surface area contributed by atoms with E-state index >= 15 is 0 Å². The van der Waals surface area contributed by atoms with Crippen LogP contribution in [0, 0.1) is 0 Å². The van der Waals surface area contributed by atoms with Gasteiger partial charge in [-0.3, -0.25) is 0 Å². The van der Waals surface area contributed by atoms with Gasteiger partial charge in [-0.25, -0.2) is 4.79 Å². The maximum atomic E-state index is 11.4. The highest BCUT2D eigenvalue weighted by Gasteiger charge is 2.14. The predicted octanol–water partition coefficient (Wildman–Crippen LogP) is 2.13. The van der Waals surface area contributed by atoms with Crippen molar-refractivity contribution in [3.05, 3.63) is 35.9 Å². The van der Waals surface area contributed by atoms with E-state index in [0.717, 1.165) is 5.56 Å². The zero-order valence-electron chi connectivity index (χ0n) is 11.2. The summed E-state index contributed by atoms with van der Waals surface area (Å²) in [7, 11) is 1.51. The fourth-order valence-electron chi connectivity index (χ4n) is 1.53. The molecule has 2 atom stereocenters. The highest BCUT2D eigenvalue weighted by molar-refractivity contribution is 5.59. The third-order valence-electron chi connectivity index (χ3n) is 2.52. The molecular formula is C14H20O5. The zero-order chi connectivity index (χ0) is 14.1. The van der Waals surface area contributed by atoms with Crippen LogP contribution < -0.4 is 0 Å². The Morgan fingerprint density at radius 3 is 2.53 bits per heavy atom. The van der Waals surface area contributed by atoms with Crippen molar-refractivity contribution in [1.29, 1.82) is 0 Å². The van der Waals surface area contributed by atoms with Gasteiger partial charge in [0.05, 0.1) is 12.2 Å². The number of ether oxygens (including phenoxy) is 3. The fourth-order valence-corrected chi connectivity index (χ4v) is 1.53. The smallest absolute Gasteiger partial charge is 0.432 e. The molecule has 0 saturated carbocycles. The number of hydrogen-bond acceptors (Lipinski definition) is 5. The van der Waals surface area contributed by atoms with Crippen LogP contribution >= 0.6 is 0 Å². The number of aliphatic hydroxyl groups excluding tert-OH is 1. The van der Waals surface area contributed by atoms with Gasteiger partial charge in [-0.15, -0.1) is 0 Å². The van der Waals surface area contributed by atoms with Crippen LogP contribution in [-0.4, -0.2) is 37.2 Å². The molecule has 19 heavy (non-hydrogen) atoms. The van der Waals surface area contributed by atoms with E-state index in [2.05, 4.69) is 0 Å². The lowest BCUT2D eigenvalue weighted by atomic mass is 10.2. The van der Waals surface area contributed by atoms with Crippen molar-refractivity contribution >= 4 is 6.16 Å². The van der Waals surface area contributed by atoms with Crippen LogP contribution in [0.5, 0.6) is 0 Å². The van der Waals surface area contributed by atoms with Gasteiger partial charge in [-0.1, -0.05) is 30.3 Å². The molecule has 106 valence electrons. The predicted molar refractivity (Wildman–Crippen MR) is 69.7 cm³/mol. The summed E-state index contributed by atoms with van der Waals surface area (Å²) in [6, 6.07) is 9.35. The Bertz CT molecular complexity index is 363. The van der Waals surface area contributed by atoms with Crippen molar-refractivity contribution in [1.82, 2.24) is 0 Å². The molecule has 1 rings (SSSR count). The van der Waals surface area contributed by atoms with Crippen molar-refractivity contribution in [2.24, 2.45) is 0 Å². The van der Waals surface area contributed by atoms with Crippen LogP contribution in [0.2, 0.25) is 0 Å². The maximum Gasteiger partial charge on any atom is 0.508 e. The highest BCUT2D eigenvalue weighted by atomic mass is 16.7. The van der Waals surface area contributed by atoms with Gasteiger partial charge in [0.15, 0.2) is 0 Å². The molecule has 1 N–H and O–H groups in total. The number of methoxy groups -OCH3 is 1. The van der Waals surface area contributed by atoms with Crippen molar-refractivity contribution in [3.63, 3.8) is 0 Å². The molecule has 0 aromatic heterocycles. The van der Waals surface area contributed by atoms with Crippen molar-refractivity contribution < 1.29 is 24.1 Å². The van der Waals surface area contributed by atoms with Gasteiger partial charge in [0, 0.05) is 13.5 Å². The van der Waals surface area contributed by atoms with E-state index in [4.69, 9.17) is 14.2 Å². The van der Waals surface area contributed by atoms with E-state index in [0.29, 0.717) is 6.42 Å². The largest absolute Gasteiger partial charge is 0.508 e. The summed E-state index contributed by atoms with van der Waals surface area (Å²) in [6.45, 7) is 1.89. The van der Waals surface area contributed by atoms with Crippen LogP contribution in [0.3, 0.4) is 0 Å². The molecule has 0 radical (unpaired) electrons. The van der Waals surface area contributed by atoms with Gasteiger partial charge in [0.2, 0.25) is 0 Å². The number of aliphatic hydroxyl groups is 1. The maximum absolute atomic E-state index is 11.4. The Labute approximate surface area is 113 Å². The molecular weight excluding hydrogens is 248 g/mol. The van der Waals surface area contributed by atoms with Crippen molar-refractivity contribution in [3.8, 4) is 0 Å². The normalized spacial score (nSPS) is 13.6. The molecule has 5 nitrogen and oxygen atoms in total. The summed E-state index contributed by atoms with van der Waals surface area (Å²) in [5.74, 6) is 0. The Morgan fingerprint density at radius 1 is 1.26 bits per heavy atom. The van der Waals surface area contributed by atoms with E-state index in [9.17, 15) is 9.90 Å². The SMILES string of the molecule is COC(COC(=O)OCc1ccccc1)CC(C)O. The van der Waals surface area contributed by atoms with Crippen molar-refractivity contribution in [2.45, 2.75) is 32.2 Å². The first-order chi connectivity index (χ1) is 9.11. The molecule has 0 heterocycles. The summed E-state index contributed by atoms with van der Waals surface area (Å²) in [5, 5.41) is 9.22. The van der Waals surface area contributed by atoms with Crippen LogP contribution in [0.25, 0.3) is 0 Å². The fraction of sp³-hybridized carbons (Fsp3) is 0.500. The minimum Gasteiger partial charge on any atom is -0.432 e. The molecule has 0 aliphatic rings. The monoisotopic (exact) mass is 268 g/mol. The Kier molecular flexibility index (Phi) is 6.92. The van der Waals surface area contributed by atoms with Crippen LogP contribution in [0.15, 0.2) is 30.3 Å². The summed E-state index contributed by atoms with van der Waals surface area (Å²) >= 11 is 0. The zero-order valence-corrected chi connectivity index (χ0v) is 11.2. The average Bonchev–Trinajstić information content (AvgIpc) is 2.42. The Balaban J connectivity index is 2.24. The van der Waals surface area contributed by atoms with E-state index in [-0.39, 0.29) is 19.3 Å². The first-order valence-corrected chi connectivity index (χ1v) is 6.16. The minimum atomic E-state index is -0.739. The molecule has 5 heteroatoms. The number of carbonyl (C=O) groups excluding carboxylic acids is 1. The summed E-state index contributed by atoms with van der Waals surface area (Å²) in [6.07, 6.45) is -1.17. The lowest BCUT2D eigenvalue weighted by molar-refractivity contribution is -0.0172. The quantitative estimate of drug-likeness (QED) is 0.767. The third kappa shape index (κ3) is 6.79. The van der Waals surface area contributed by atoms with Crippen LogP contribution in [-0.2, 0) is 20.8 Å². The molecule has 0 spiro atoms. The second kappa shape index (κ2) is 8.50. The second-order valence-electron chi connectivity index (χ2n) is 4.28. The molecule has 0 saturated heterocycles. The third-order valence-corrected chi connectivity index (χ3v) is 2.52. The first kappa shape index (κ1) is 15.5. The molecule has 1 aromatic carbocycles. The lowest BCUT2D eigenvalue weighted by Gasteiger charge is -2.16. The molecule has 0 bridgehead atoms. The van der Waals surface area contributed by atoms with E-state index < -0.39 is 12.3 Å². The van der Waals surface area contributed by atoms with E-state index in [1.54, 1.807) is 6.92 Å². The second-order valence-corrected chi connectivity index (χ2v) is 4.28. The first-order valence-electron chi connectivity index (χ1n) is 6.16. The number of benzene rings is 1. The lowest BCUT2D eigenvalue weighted by Crippen LogP contribution is -2.25. The standard InChI is InChI=1S/C14H20O5/c1-11(15)8-13(17-2)10-19-14(16)18-9-12-6-4-3-5-7-12/h3-7,11,13,15H,8-10H2,1-2H3. The van der Waals surface area contributed by atoms with Crippen molar-refractivity contribution in [2.75, 3.05) is 13.7 Å². The summed E-state index contributed by atoms with van der Waals surface area (Å²) in [5.41, 5.74) is 0.895. The number of carbonyl (C=O) groups is 1. The van der Waals surface area contributed by atoms with Gasteiger partial charge in [0.25, 0.3) is 0 Å². The Morgan fingerprint density at radius 2 is 1.95 bits per heavy atom. The van der Waals surface area contributed by atoms with Gasteiger partial charge in [0.1, 0.15) is 13.2 Å². The van der Waals surface area contributed by atoms with E-state index in [1.165, 1.54) is 7.11 Å². The number of rotatable bonds is 7. The number of hydrogen-bond donors (Lipinski definition) is 1. The van der Waals surface area contributed by atoms with E-state index in [1.807, 2.05) is 30.3 Å². The molecule has 0 aliphatic carbocycles. The summed E-state index contributed by atoms with van der Waals surface area (Å²) in [4.78, 5) is 11.4. The van der Waals surface area contributed by atoms with Crippen LogP contribution in [0.1, 0.15) is 18.9 Å². The summed E-state index contributed by atoms with van der Waals surface area (Å²) < 4.78 is 15.0. The van der Waals surface area contributed by atoms with Gasteiger partial charge < -0.3 is 19.3 Å². The van der Waals surface area contributed by atoms with Gasteiger partial charge in [-0.05, 0) is 12.5 Å². The minimum absolute atomic E-state index is 0.0645. The Hall–Kier alpha value is -1.59. The molecule has 2 unspecified atom stereocenters. The topological polar surface area (TPSA) is 65.0 Å². The highest BCUT2D eigenvalue weighted by Crippen LogP contribution is 2.05. The van der Waals surface area contributed by atoms with Gasteiger partial charge in [-0.2, -0.15) is 0 Å². The van der Waals surface area contributed by atoms with Crippen LogP contribution in [0.4, 0.5) is 4.79 Å². The molecule has 1 aromatic rings. The van der Waals surface area contributed by atoms with Gasteiger partial charge >= 0.3 is 6.16 Å². The molecule has 0 fully saturated rings. The molecule has 0 amide bonds. The average molecular weight is 268 g/mol. The molecule has 0 aliphatic heterocycles.